The van der Waals surface area contributed by atoms with Crippen molar-refractivity contribution < 1.29 is 32.0 Å². The number of carbonyl (C=O) groups is 3. The van der Waals surface area contributed by atoms with Crippen LogP contribution in [0.15, 0.2) is 70.0 Å². The molecule has 1 fully saturated rings. The fourth-order valence-electron chi connectivity index (χ4n) is 3.08. The molecule has 4 rings (SSSR count). The van der Waals surface area contributed by atoms with Crippen LogP contribution in [0, 0.1) is 3.57 Å². The van der Waals surface area contributed by atoms with Crippen molar-refractivity contribution in [2.24, 2.45) is 0 Å². The van der Waals surface area contributed by atoms with E-state index in [9.17, 15) is 27.6 Å². The second-order valence-corrected chi connectivity index (χ2v) is 9.34. The molecule has 1 aliphatic rings. The zero-order valence-electron chi connectivity index (χ0n) is 17.1. The molecule has 1 aromatic heterocycles. The van der Waals surface area contributed by atoms with E-state index in [1.807, 2.05) is 0 Å². The molecule has 1 aliphatic heterocycles. The van der Waals surface area contributed by atoms with Crippen LogP contribution < -0.4 is 5.32 Å². The lowest BCUT2D eigenvalue weighted by Crippen LogP contribution is -2.36. The summed E-state index contributed by atoms with van der Waals surface area (Å²) in [6.45, 7) is -0.457. The van der Waals surface area contributed by atoms with Crippen LogP contribution in [0.3, 0.4) is 0 Å². The summed E-state index contributed by atoms with van der Waals surface area (Å²) < 4.78 is 45.4. The molecule has 11 heteroatoms. The summed E-state index contributed by atoms with van der Waals surface area (Å²) in [5.41, 5.74) is -0.0620. The average Bonchev–Trinajstić information content (AvgIpc) is 3.35. The van der Waals surface area contributed by atoms with Gasteiger partial charge in [-0.1, -0.05) is 12.1 Å². The number of amides is 3. The standard InChI is InChI=1S/C23H14F3IN2O4S/c24-23(25,26)14-3-1-2-13(10-14)18-9-8-17(33-18)11-19-21(31)29(22(32)34-19)12-20(30)28-16-6-4-15(27)5-7-16/h1-11H,12H2,(H,28,30)/b19-11+. The molecule has 3 amide bonds. The summed E-state index contributed by atoms with van der Waals surface area (Å²) in [6, 6.07) is 14.6. The van der Waals surface area contributed by atoms with Gasteiger partial charge in [0.05, 0.1) is 10.5 Å². The Morgan fingerprint density at radius 3 is 2.53 bits per heavy atom. The molecule has 0 bridgehead atoms. The topological polar surface area (TPSA) is 79.6 Å². The van der Waals surface area contributed by atoms with Crippen molar-refractivity contribution in [3.63, 3.8) is 0 Å². The lowest BCUT2D eigenvalue weighted by atomic mass is 10.1. The number of nitrogens with one attached hydrogen (secondary N) is 1. The van der Waals surface area contributed by atoms with Gasteiger partial charge in [-0.3, -0.25) is 19.3 Å². The first-order valence-corrected chi connectivity index (χ1v) is 11.6. The Kier molecular flexibility index (Phi) is 6.84. The fraction of sp³-hybridized carbons (Fsp3) is 0.0870. The molecule has 0 spiro atoms. The lowest BCUT2D eigenvalue weighted by Gasteiger charge is -2.12. The predicted octanol–water partition coefficient (Wildman–Crippen LogP) is 6.25. The van der Waals surface area contributed by atoms with E-state index in [0.717, 1.165) is 20.6 Å². The summed E-state index contributed by atoms with van der Waals surface area (Å²) in [6.07, 6.45) is -3.17. The third kappa shape index (κ3) is 5.53. The summed E-state index contributed by atoms with van der Waals surface area (Å²) in [5, 5.41) is 2.01. The first-order valence-electron chi connectivity index (χ1n) is 9.68. The van der Waals surface area contributed by atoms with Crippen LogP contribution in [0.4, 0.5) is 23.7 Å². The Morgan fingerprint density at radius 1 is 1.09 bits per heavy atom. The number of benzene rings is 2. The zero-order chi connectivity index (χ0) is 24.5. The number of thioether (sulfide) groups is 1. The Labute approximate surface area is 209 Å². The summed E-state index contributed by atoms with van der Waals surface area (Å²) in [4.78, 5) is 38.1. The van der Waals surface area contributed by atoms with Crippen molar-refractivity contribution in [3.8, 4) is 11.3 Å². The van der Waals surface area contributed by atoms with E-state index in [1.165, 1.54) is 30.3 Å². The van der Waals surface area contributed by atoms with Gasteiger partial charge in [0.25, 0.3) is 11.1 Å². The van der Waals surface area contributed by atoms with Crippen LogP contribution in [0.5, 0.6) is 0 Å². The van der Waals surface area contributed by atoms with E-state index >= 15 is 0 Å². The maximum Gasteiger partial charge on any atom is 0.416 e. The number of nitrogens with zero attached hydrogens (tertiary/aromatic N) is 1. The van der Waals surface area contributed by atoms with Crippen LogP contribution in [-0.2, 0) is 15.8 Å². The van der Waals surface area contributed by atoms with Crippen LogP contribution >= 0.6 is 34.4 Å². The molecule has 2 aromatic carbocycles. The monoisotopic (exact) mass is 598 g/mol. The first kappa shape index (κ1) is 24.1. The fourth-order valence-corrected chi connectivity index (χ4v) is 4.26. The number of halogens is 4. The number of carbonyl (C=O) groups excluding carboxylic acids is 3. The van der Waals surface area contributed by atoms with Gasteiger partial charge in [-0.05, 0) is 82.9 Å². The molecular weight excluding hydrogens is 584 g/mol. The van der Waals surface area contributed by atoms with Gasteiger partial charge >= 0.3 is 6.18 Å². The highest BCUT2D eigenvalue weighted by molar-refractivity contribution is 14.1. The summed E-state index contributed by atoms with van der Waals surface area (Å²) in [5.74, 6) is -0.839. The van der Waals surface area contributed by atoms with Crippen molar-refractivity contribution in [3.05, 3.63) is 80.5 Å². The van der Waals surface area contributed by atoms with E-state index in [4.69, 9.17) is 4.42 Å². The normalized spacial score (nSPS) is 15.3. The van der Waals surface area contributed by atoms with Gasteiger partial charge in [0.1, 0.15) is 18.1 Å². The van der Waals surface area contributed by atoms with Gasteiger partial charge in [0.15, 0.2) is 0 Å². The lowest BCUT2D eigenvalue weighted by molar-refractivity contribution is -0.137. The van der Waals surface area contributed by atoms with Crippen LogP contribution in [-0.4, -0.2) is 28.5 Å². The Hall–Kier alpha value is -3.06. The SMILES string of the molecule is O=C(CN1C(=O)S/C(=C/c2ccc(-c3cccc(C(F)(F)F)c3)o2)C1=O)Nc1ccc(I)cc1. The van der Waals surface area contributed by atoms with Crippen molar-refractivity contribution in [1.82, 2.24) is 4.90 Å². The highest BCUT2D eigenvalue weighted by Crippen LogP contribution is 2.35. The second-order valence-electron chi connectivity index (χ2n) is 7.10. The van der Waals surface area contributed by atoms with Gasteiger partial charge in [-0.15, -0.1) is 0 Å². The van der Waals surface area contributed by atoms with Crippen molar-refractivity contribution in [2.75, 3.05) is 11.9 Å². The first-order chi connectivity index (χ1) is 16.1. The minimum atomic E-state index is -4.49. The highest BCUT2D eigenvalue weighted by atomic mass is 127. The number of anilines is 1. The molecular formula is C23H14F3IN2O4S. The number of imide groups is 1. The van der Waals surface area contributed by atoms with E-state index in [2.05, 4.69) is 27.9 Å². The molecule has 3 aromatic rings. The van der Waals surface area contributed by atoms with Crippen molar-refractivity contribution >= 4 is 63.2 Å². The molecule has 34 heavy (non-hydrogen) atoms. The maximum atomic E-state index is 13.0. The van der Waals surface area contributed by atoms with Crippen LogP contribution in [0.25, 0.3) is 17.4 Å². The molecule has 6 nitrogen and oxygen atoms in total. The largest absolute Gasteiger partial charge is 0.457 e. The number of hydrogen-bond acceptors (Lipinski definition) is 5. The number of hydrogen-bond donors (Lipinski definition) is 1. The van der Waals surface area contributed by atoms with Gasteiger partial charge in [0.2, 0.25) is 5.91 Å². The Bertz CT molecular complexity index is 1300. The molecule has 0 atom stereocenters. The molecule has 174 valence electrons. The highest BCUT2D eigenvalue weighted by Gasteiger charge is 2.36. The van der Waals surface area contributed by atoms with E-state index < -0.39 is 35.3 Å². The molecule has 1 N–H and O–H groups in total. The van der Waals surface area contributed by atoms with E-state index in [1.54, 1.807) is 24.3 Å². The smallest absolute Gasteiger partial charge is 0.416 e. The van der Waals surface area contributed by atoms with Gasteiger partial charge in [-0.2, -0.15) is 13.2 Å². The van der Waals surface area contributed by atoms with Gasteiger partial charge in [0, 0.05) is 20.9 Å². The summed E-state index contributed by atoms with van der Waals surface area (Å²) in [7, 11) is 0. The quantitative estimate of drug-likeness (QED) is 0.278. The maximum absolute atomic E-state index is 13.0. The van der Waals surface area contributed by atoms with E-state index in [0.29, 0.717) is 17.4 Å². The van der Waals surface area contributed by atoms with Gasteiger partial charge in [-0.25, -0.2) is 0 Å². The predicted molar refractivity (Wildman–Crippen MR) is 130 cm³/mol. The van der Waals surface area contributed by atoms with Crippen LogP contribution in [0.1, 0.15) is 11.3 Å². The molecule has 0 saturated carbocycles. The average molecular weight is 598 g/mol. The Balaban J connectivity index is 1.46. The van der Waals surface area contributed by atoms with Crippen molar-refractivity contribution in [1.29, 1.82) is 0 Å². The summed E-state index contributed by atoms with van der Waals surface area (Å²) >= 11 is 2.77. The van der Waals surface area contributed by atoms with E-state index in [-0.39, 0.29) is 22.0 Å². The van der Waals surface area contributed by atoms with Gasteiger partial charge < -0.3 is 9.73 Å². The molecule has 0 radical (unpaired) electrons. The van der Waals surface area contributed by atoms with Crippen molar-refractivity contribution in [2.45, 2.75) is 6.18 Å². The second kappa shape index (κ2) is 9.66. The third-order valence-corrected chi connectivity index (χ3v) is 6.30. The molecule has 1 saturated heterocycles. The minimum Gasteiger partial charge on any atom is -0.457 e. The zero-order valence-corrected chi connectivity index (χ0v) is 20.0. The third-order valence-electron chi connectivity index (χ3n) is 4.68. The molecule has 0 unspecified atom stereocenters. The number of alkyl halides is 3. The molecule has 2 heterocycles. The van der Waals surface area contributed by atoms with Crippen LogP contribution in [0.2, 0.25) is 0 Å². The number of furan rings is 1. The Morgan fingerprint density at radius 2 is 1.82 bits per heavy atom. The number of rotatable bonds is 5. The molecule has 0 aliphatic carbocycles. The minimum absolute atomic E-state index is 0.0389.